The summed E-state index contributed by atoms with van der Waals surface area (Å²) in [7, 11) is 0. The zero-order valence-electron chi connectivity index (χ0n) is 12.5. The van der Waals surface area contributed by atoms with E-state index in [4.69, 9.17) is 0 Å². The lowest BCUT2D eigenvalue weighted by Gasteiger charge is -2.18. The molecule has 2 rings (SSSR count). The number of anilines is 1. The number of nitrogens with zero attached hydrogens (tertiary/aromatic N) is 1. The number of urea groups is 1. The molecule has 0 bridgehead atoms. The highest BCUT2D eigenvalue weighted by Crippen LogP contribution is 2.17. The summed E-state index contributed by atoms with van der Waals surface area (Å²) in [5.74, 6) is 0.953. The number of hydrogen-bond donors (Lipinski definition) is 3. The second-order valence-electron chi connectivity index (χ2n) is 6.14. The number of rotatable bonds is 3. The van der Waals surface area contributed by atoms with Crippen molar-refractivity contribution in [3.63, 3.8) is 0 Å². The number of nitrogens with one attached hydrogen (secondary N) is 3. The molecule has 0 aliphatic carbocycles. The van der Waals surface area contributed by atoms with Crippen molar-refractivity contribution in [1.82, 2.24) is 15.3 Å². The molecule has 0 fully saturated rings. The summed E-state index contributed by atoms with van der Waals surface area (Å²) >= 11 is 0. The Balaban J connectivity index is 2.04. The van der Waals surface area contributed by atoms with Gasteiger partial charge in [0.1, 0.15) is 5.82 Å². The largest absolute Gasteiger partial charge is 0.342 e. The molecule has 0 aliphatic rings. The molecule has 2 aromatic rings. The molecule has 0 saturated heterocycles. The molecule has 0 saturated carbocycles. The number of H-pyrrole nitrogens is 1. The van der Waals surface area contributed by atoms with E-state index < -0.39 is 0 Å². The molecular weight excluding hydrogens is 252 g/mol. The number of hydrogen-bond acceptors (Lipinski definition) is 2. The lowest BCUT2D eigenvalue weighted by Crippen LogP contribution is -2.35. The van der Waals surface area contributed by atoms with Crippen molar-refractivity contribution >= 4 is 22.8 Å². The molecule has 1 heterocycles. The molecule has 1 aromatic heterocycles. The van der Waals surface area contributed by atoms with Gasteiger partial charge in [-0.1, -0.05) is 27.7 Å². The second kappa shape index (κ2) is 5.53. The third-order valence-corrected chi connectivity index (χ3v) is 2.90. The Hall–Kier alpha value is -2.04. The monoisotopic (exact) mass is 274 g/mol. The summed E-state index contributed by atoms with van der Waals surface area (Å²) < 4.78 is 0. The van der Waals surface area contributed by atoms with Crippen LogP contribution >= 0.6 is 0 Å². The number of aromatic amines is 1. The number of carbonyl (C=O) groups excluding carboxylic acids is 1. The van der Waals surface area contributed by atoms with E-state index in [1.807, 2.05) is 18.2 Å². The smallest absolute Gasteiger partial charge is 0.319 e. The number of aryl methyl sites for hydroxylation is 1. The quantitative estimate of drug-likeness (QED) is 0.803. The molecule has 3 N–H and O–H groups in total. The number of fused-ring (bicyclic) bond motifs is 1. The molecular formula is C15H22N4O. The zero-order valence-corrected chi connectivity index (χ0v) is 12.5. The summed E-state index contributed by atoms with van der Waals surface area (Å²) in [5.41, 5.74) is 2.69. The van der Waals surface area contributed by atoms with Crippen LogP contribution in [-0.2, 0) is 6.42 Å². The Morgan fingerprint density at radius 3 is 2.75 bits per heavy atom. The summed E-state index contributed by atoms with van der Waals surface area (Å²) in [5, 5.41) is 5.70. The van der Waals surface area contributed by atoms with Crippen LogP contribution in [0.3, 0.4) is 0 Å². The zero-order chi connectivity index (χ0) is 14.8. The highest BCUT2D eigenvalue weighted by atomic mass is 16.2. The van der Waals surface area contributed by atoms with E-state index in [1.165, 1.54) is 0 Å². The molecule has 0 radical (unpaired) electrons. The van der Waals surface area contributed by atoms with E-state index in [0.717, 1.165) is 29.0 Å². The molecule has 0 atom stereocenters. The van der Waals surface area contributed by atoms with Gasteiger partial charge in [-0.25, -0.2) is 9.78 Å². The van der Waals surface area contributed by atoms with E-state index >= 15 is 0 Å². The maximum atomic E-state index is 11.8. The molecule has 2 amide bonds. The lowest BCUT2D eigenvalue weighted by molar-refractivity contribution is 0.247. The van der Waals surface area contributed by atoms with Gasteiger partial charge in [0, 0.05) is 18.7 Å². The van der Waals surface area contributed by atoms with Crippen LogP contribution in [-0.4, -0.2) is 22.5 Å². The Morgan fingerprint density at radius 1 is 1.35 bits per heavy atom. The van der Waals surface area contributed by atoms with Crippen molar-refractivity contribution < 1.29 is 4.79 Å². The molecule has 0 aliphatic heterocycles. The summed E-state index contributed by atoms with van der Waals surface area (Å²) in [6.45, 7) is 8.92. The first-order valence-electron chi connectivity index (χ1n) is 6.91. The van der Waals surface area contributed by atoms with Crippen LogP contribution in [0, 0.1) is 5.41 Å². The number of amides is 2. The average molecular weight is 274 g/mol. The molecule has 20 heavy (non-hydrogen) atoms. The van der Waals surface area contributed by atoms with Gasteiger partial charge in [0.2, 0.25) is 0 Å². The normalized spacial score (nSPS) is 11.6. The van der Waals surface area contributed by atoms with Crippen molar-refractivity contribution in [3.05, 3.63) is 24.0 Å². The van der Waals surface area contributed by atoms with Crippen molar-refractivity contribution in [2.45, 2.75) is 34.1 Å². The van der Waals surface area contributed by atoms with Crippen LogP contribution in [0.5, 0.6) is 0 Å². The van der Waals surface area contributed by atoms with Crippen molar-refractivity contribution in [1.29, 1.82) is 0 Å². The van der Waals surface area contributed by atoms with Gasteiger partial charge in [-0.05, 0) is 23.6 Å². The van der Waals surface area contributed by atoms with Crippen LogP contribution < -0.4 is 10.6 Å². The number of aromatic nitrogens is 2. The number of benzene rings is 1. The first-order valence-corrected chi connectivity index (χ1v) is 6.91. The van der Waals surface area contributed by atoms with E-state index in [2.05, 4.69) is 48.3 Å². The SMILES string of the molecule is CCc1nc2ccc(NC(=O)NCC(C)(C)C)cc2[nH]1. The highest BCUT2D eigenvalue weighted by molar-refractivity contribution is 5.91. The predicted octanol–water partition coefficient (Wildman–Crippen LogP) is 3.29. The van der Waals surface area contributed by atoms with E-state index in [-0.39, 0.29) is 11.4 Å². The van der Waals surface area contributed by atoms with Gasteiger partial charge < -0.3 is 15.6 Å². The Kier molecular flexibility index (Phi) is 3.97. The van der Waals surface area contributed by atoms with Crippen LogP contribution in [0.25, 0.3) is 11.0 Å². The number of imidazole rings is 1. The molecule has 0 spiro atoms. The van der Waals surface area contributed by atoms with Gasteiger partial charge in [-0.2, -0.15) is 0 Å². The fourth-order valence-electron chi connectivity index (χ4n) is 1.83. The Bertz CT molecular complexity index is 610. The van der Waals surface area contributed by atoms with Crippen LogP contribution in [0.1, 0.15) is 33.5 Å². The predicted molar refractivity (Wildman–Crippen MR) is 81.9 cm³/mol. The van der Waals surface area contributed by atoms with E-state index in [0.29, 0.717) is 6.54 Å². The Morgan fingerprint density at radius 2 is 2.10 bits per heavy atom. The molecule has 5 nitrogen and oxygen atoms in total. The van der Waals surface area contributed by atoms with Crippen LogP contribution in [0.15, 0.2) is 18.2 Å². The first-order chi connectivity index (χ1) is 9.37. The first kappa shape index (κ1) is 14.4. The minimum absolute atomic E-state index is 0.0701. The number of carbonyl (C=O) groups is 1. The van der Waals surface area contributed by atoms with Gasteiger partial charge in [-0.15, -0.1) is 0 Å². The average Bonchev–Trinajstić information content (AvgIpc) is 2.78. The third-order valence-electron chi connectivity index (χ3n) is 2.90. The fourth-order valence-corrected chi connectivity index (χ4v) is 1.83. The fraction of sp³-hybridized carbons (Fsp3) is 0.467. The Labute approximate surface area is 119 Å². The third kappa shape index (κ3) is 3.73. The van der Waals surface area contributed by atoms with Crippen molar-refractivity contribution in [2.75, 3.05) is 11.9 Å². The standard InChI is InChI=1S/C15H22N4O/c1-5-13-18-11-7-6-10(8-12(11)19-13)17-14(20)16-9-15(2,3)4/h6-8H,5,9H2,1-4H3,(H,18,19)(H2,16,17,20). The van der Waals surface area contributed by atoms with Gasteiger partial charge in [-0.3, -0.25) is 0 Å². The van der Waals surface area contributed by atoms with Crippen LogP contribution in [0.4, 0.5) is 10.5 Å². The maximum Gasteiger partial charge on any atom is 0.319 e. The van der Waals surface area contributed by atoms with Gasteiger partial charge in [0.05, 0.1) is 11.0 Å². The highest BCUT2D eigenvalue weighted by Gasteiger charge is 2.12. The lowest BCUT2D eigenvalue weighted by atomic mass is 9.97. The minimum Gasteiger partial charge on any atom is -0.342 e. The maximum absolute atomic E-state index is 11.8. The van der Waals surface area contributed by atoms with E-state index in [9.17, 15) is 4.79 Å². The van der Waals surface area contributed by atoms with E-state index in [1.54, 1.807) is 0 Å². The molecule has 1 aromatic carbocycles. The summed E-state index contributed by atoms with van der Waals surface area (Å²) in [6.07, 6.45) is 0.865. The van der Waals surface area contributed by atoms with Crippen LogP contribution in [0.2, 0.25) is 0 Å². The molecule has 108 valence electrons. The second-order valence-corrected chi connectivity index (χ2v) is 6.14. The molecule has 0 unspecified atom stereocenters. The topological polar surface area (TPSA) is 69.8 Å². The van der Waals surface area contributed by atoms with Crippen molar-refractivity contribution in [3.8, 4) is 0 Å². The summed E-state index contributed by atoms with van der Waals surface area (Å²) in [4.78, 5) is 19.5. The van der Waals surface area contributed by atoms with Gasteiger partial charge >= 0.3 is 6.03 Å². The van der Waals surface area contributed by atoms with Gasteiger partial charge in [0.25, 0.3) is 0 Å². The van der Waals surface area contributed by atoms with Crippen molar-refractivity contribution in [2.24, 2.45) is 5.41 Å². The minimum atomic E-state index is -0.186. The van der Waals surface area contributed by atoms with Gasteiger partial charge in [0.15, 0.2) is 0 Å². The molecule has 5 heteroatoms. The summed E-state index contributed by atoms with van der Waals surface area (Å²) in [6, 6.07) is 5.48.